The second-order valence-corrected chi connectivity index (χ2v) is 16.1. The average molecular weight is 697 g/mol. The maximum Gasteiger partial charge on any atom is 0.408 e. The maximum absolute atomic E-state index is 14.3. The molecule has 0 bridgehead atoms. The Kier molecular flexibility index (Phi) is 12.3. The SMILES string of the molecule is C=CCCC(NC(=O)[C@@H]1[C@H]2[C@@H](CN1C(=O)[C@@H](NC(=O)OC(C)(C)C)C1CCC(F)(F)CC1)C2(C)C)C(=O)C(=O)NCCC(=O)OC(C)(C)C. The summed E-state index contributed by atoms with van der Waals surface area (Å²) in [7, 11) is 0. The van der Waals surface area contributed by atoms with Gasteiger partial charge in [-0.2, -0.15) is 0 Å². The lowest BCUT2D eigenvalue weighted by molar-refractivity contribution is -0.154. The Morgan fingerprint density at radius 2 is 1.55 bits per heavy atom. The summed E-state index contributed by atoms with van der Waals surface area (Å²) < 4.78 is 38.8. The fourth-order valence-electron chi connectivity index (χ4n) is 6.93. The van der Waals surface area contributed by atoms with Crippen LogP contribution in [0.3, 0.4) is 0 Å². The third-order valence-corrected chi connectivity index (χ3v) is 9.48. The van der Waals surface area contributed by atoms with Crippen LogP contribution in [0.5, 0.6) is 0 Å². The van der Waals surface area contributed by atoms with Gasteiger partial charge in [0.05, 0.1) is 12.5 Å². The molecule has 0 aromatic carbocycles. The van der Waals surface area contributed by atoms with E-state index in [9.17, 15) is 37.5 Å². The summed E-state index contributed by atoms with van der Waals surface area (Å²) in [6, 6.07) is -3.49. The van der Waals surface area contributed by atoms with Gasteiger partial charge in [0.1, 0.15) is 23.3 Å². The molecule has 5 atom stereocenters. The van der Waals surface area contributed by atoms with Crippen molar-refractivity contribution in [3.05, 3.63) is 12.7 Å². The molecule has 276 valence electrons. The molecule has 0 spiro atoms. The maximum atomic E-state index is 14.3. The molecule has 1 heterocycles. The van der Waals surface area contributed by atoms with Crippen LogP contribution in [0.2, 0.25) is 0 Å². The van der Waals surface area contributed by atoms with E-state index in [1.165, 1.54) is 4.90 Å². The fraction of sp³-hybridized carbons (Fsp3) is 0.771. The molecule has 3 aliphatic rings. The van der Waals surface area contributed by atoms with Crippen LogP contribution in [0.4, 0.5) is 13.6 Å². The van der Waals surface area contributed by atoms with Crippen molar-refractivity contribution in [1.82, 2.24) is 20.9 Å². The number of ketones is 1. The highest BCUT2D eigenvalue weighted by Gasteiger charge is 2.70. The minimum absolute atomic E-state index is 0.0105. The van der Waals surface area contributed by atoms with Gasteiger partial charge in [-0.3, -0.25) is 24.0 Å². The fourth-order valence-corrected chi connectivity index (χ4v) is 6.93. The van der Waals surface area contributed by atoms with E-state index in [0.29, 0.717) is 6.42 Å². The number of Topliss-reactive ketones (excluding diaryl/α,β-unsaturated/α-hetero) is 1. The van der Waals surface area contributed by atoms with Crippen LogP contribution in [-0.4, -0.2) is 88.8 Å². The van der Waals surface area contributed by atoms with Crippen molar-refractivity contribution >= 4 is 35.6 Å². The summed E-state index contributed by atoms with van der Waals surface area (Å²) in [6.45, 7) is 17.8. The van der Waals surface area contributed by atoms with Crippen molar-refractivity contribution in [2.45, 2.75) is 136 Å². The molecule has 3 N–H and O–H groups in total. The summed E-state index contributed by atoms with van der Waals surface area (Å²) in [4.78, 5) is 80.6. The first kappa shape index (κ1) is 39.9. The molecule has 14 heteroatoms. The lowest BCUT2D eigenvalue weighted by Gasteiger charge is -2.38. The van der Waals surface area contributed by atoms with Gasteiger partial charge in [0.15, 0.2) is 0 Å². The van der Waals surface area contributed by atoms with Gasteiger partial charge in [-0.1, -0.05) is 19.9 Å². The smallest absolute Gasteiger partial charge is 0.408 e. The standard InChI is InChI=1S/C35H54F2N4O8/c1-10-11-12-22(27(43)29(45)38-18-15-23(42)48-32(2,3)4)39-28(44)26-24-21(34(24,8)9)19-41(26)30(46)25(40-31(47)49-33(5,6)7)20-13-16-35(36,37)17-14-20/h10,20-22,24-26H,1,11-19H2,2-9H3,(H,38,45)(H,39,44)(H,40,47)/t21-,22?,24-,25+,26+/m1/s1. The first-order valence-electron chi connectivity index (χ1n) is 17.1. The predicted molar refractivity (Wildman–Crippen MR) is 176 cm³/mol. The summed E-state index contributed by atoms with van der Waals surface area (Å²) in [5.41, 5.74) is -1.90. The molecular formula is C35H54F2N4O8. The Bertz CT molecular complexity index is 1300. The first-order valence-corrected chi connectivity index (χ1v) is 17.1. The molecule has 49 heavy (non-hydrogen) atoms. The molecule has 0 aromatic rings. The number of fused-ring (bicyclic) bond motifs is 1. The summed E-state index contributed by atoms with van der Waals surface area (Å²) in [6.07, 6.45) is -0.0351. The van der Waals surface area contributed by atoms with E-state index in [0.717, 1.165) is 0 Å². The summed E-state index contributed by atoms with van der Waals surface area (Å²) in [5.74, 6) is -7.49. The Morgan fingerprint density at radius 3 is 2.10 bits per heavy atom. The zero-order valence-corrected chi connectivity index (χ0v) is 30.1. The highest BCUT2D eigenvalue weighted by Crippen LogP contribution is 2.65. The number of carbonyl (C=O) groups excluding carboxylic acids is 6. The lowest BCUT2D eigenvalue weighted by atomic mass is 9.81. The largest absolute Gasteiger partial charge is 0.460 e. The summed E-state index contributed by atoms with van der Waals surface area (Å²) >= 11 is 0. The number of carbonyl (C=O) groups is 6. The van der Waals surface area contributed by atoms with E-state index in [-0.39, 0.29) is 56.0 Å². The quantitative estimate of drug-likeness (QED) is 0.148. The van der Waals surface area contributed by atoms with Gasteiger partial charge in [-0.05, 0) is 90.4 Å². The number of halogens is 2. The molecule has 2 aliphatic carbocycles. The van der Waals surface area contributed by atoms with Gasteiger partial charge in [-0.15, -0.1) is 6.58 Å². The van der Waals surface area contributed by atoms with E-state index < -0.39 is 89.6 Å². The average Bonchev–Trinajstić information content (AvgIpc) is 3.27. The minimum Gasteiger partial charge on any atom is -0.460 e. The number of alkyl carbamates (subject to hydrolysis) is 1. The number of piperidine rings is 1. The van der Waals surface area contributed by atoms with Crippen molar-refractivity contribution in [3.63, 3.8) is 0 Å². The van der Waals surface area contributed by atoms with Crippen LogP contribution in [0.1, 0.15) is 100 Å². The number of esters is 1. The molecule has 1 unspecified atom stereocenters. The number of amides is 4. The van der Waals surface area contributed by atoms with E-state index in [2.05, 4.69) is 22.5 Å². The van der Waals surface area contributed by atoms with Gasteiger partial charge >= 0.3 is 12.1 Å². The van der Waals surface area contributed by atoms with E-state index >= 15 is 0 Å². The zero-order valence-electron chi connectivity index (χ0n) is 30.1. The van der Waals surface area contributed by atoms with Crippen molar-refractivity contribution in [3.8, 4) is 0 Å². The molecule has 2 saturated carbocycles. The second kappa shape index (κ2) is 15.1. The minimum atomic E-state index is -2.87. The lowest BCUT2D eigenvalue weighted by Crippen LogP contribution is -2.60. The van der Waals surface area contributed by atoms with Crippen molar-refractivity contribution < 1.29 is 47.0 Å². The van der Waals surface area contributed by atoms with Crippen molar-refractivity contribution in [2.75, 3.05) is 13.1 Å². The number of alkyl halides is 2. The highest BCUT2D eigenvalue weighted by atomic mass is 19.3. The van der Waals surface area contributed by atoms with Crippen LogP contribution in [0.25, 0.3) is 0 Å². The normalized spacial score (nSPS) is 24.0. The number of hydrogen-bond donors (Lipinski definition) is 3. The highest BCUT2D eigenvalue weighted by molar-refractivity contribution is 6.38. The third-order valence-electron chi connectivity index (χ3n) is 9.48. The van der Waals surface area contributed by atoms with Crippen LogP contribution in [-0.2, 0) is 33.4 Å². The second-order valence-electron chi connectivity index (χ2n) is 16.1. The van der Waals surface area contributed by atoms with Gasteiger partial charge in [0.2, 0.25) is 23.5 Å². The predicted octanol–water partition coefficient (Wildman–Crippen LogP) is 4.06. The molecule has 0 aromatic heterocycles. The molecular weight excluding hydrogens is 642 g/mol. The van der Waals surface area contributed by atoms with E-state index in [4.69, 9.17) is 9.47 Å². The number of nitrogens with one attached hydrogen (secondary N) is 3. The molecule has 3 fully saturated rings. The van der Waals surface area contributed by atoms with Crippen LogP contribution >= 0.6 is 0 Å². The molecule has 12 nitrogen and oxygen atoms in total. The Balaban J connectivity index is 1.80. The van der Waals surface area contributed by atoms with Gasteiger partial charge in [0, 0.05) is 25.9 Å². The third kappa shape index (κ3) is 10.7. The topological polar surface area (TPSA) is 160 Å². The number of hydrogen-bond acceptors (Lipinski definition) is 8. The van der Waals surface area contributed by atoms with Crippen LogP contribution < -0.4 is 16.0 Å². The number of nitrogens with zero attached hydrogens (tertiary/aromatic N) is 1. The summed E-state index contributed by atoms with van der Waals surface area (Å²) in [5, 5.41) is 7.72. The molecule has 4 amide bonds. The molecule has 0 radical (unpaired) electrons. The number of likely N-dealkylation sites (tertiary alicyclic amines) is 1. The van der Waals surface area contributed by atoms with Gasteiger partial charge in [0.25, 0.3) is 5.91 Å². The number of ether oxygens (including phenoxy) is 2. The van der Waals surface area contributed by atoms with Crippen LogP contribution in [0, 0.1) is 23.2 Å². The molecule has 1 aliphatic heterocycles. The monoisotopic (exact) mass is 696 g/mol. The van der Waals surface area contributed by atoms with Gasteiger partial charge < -0.3 is 30.3 Å². The molecule has 1 saturated heterocycles. The van der Waals surface area contributed by atoms with E-state index in [1.807, 2.05) is 13.8 Å². The van der Waals surface area contributed by atoms with Crippen molar-refractivity contribution in [1.29, 1.82) is 0 Å². The van der Waals surface area contributed by atoms with E-state index in [1.54, 1.807) is 47.6 Å². The zero-order chi connectivity index (χ0) is 37.1. The Hall–Kier alpha value is -3.58. The van der Waals surface area contributed by atoms with Crippen LogP contribution in [0.15, 0.2) is 12.7 Å². The molecule has 3 rings (SSSR count). The van der Waals surface area contributed by atoms with Gasteiger partial charge in [-0.25, -0.2) is 13.6 Å². The Morgan fingerprint density at radius 1 is 0.959 bits per heavy atom. The number of allylic oxidation sites excluding steroid dienone is 1. The first-order chi connectivity index (χ1) is 22.5. The number of rotatable bonds is 13. The van der Waals surface area contributed by atoms with Crippen molar-refractivity contribution in [2.24, 2.45) is 23.2 Å². The Labute approximate surface area is 287 Å².